The van der Waals surface area contributed by atoms with Gasteiger partial charge in [-0.15, -0.1) is 0 Å². The van der Waals surface area contributed by atoms with Crippen molar-refractivity contribution >= 4 is 34.4 Å². The Balaban J connectivity index is 1.78. The summed E-state index contributed by atoms with van der Waals surface area (Å²) in [6, 6.07) is 16.0. The number of hydrogen-bond donors (Lipinski definition) is 2. The monoisotopic (exact) mass is 526 g/mol. The first kappa shape index (κ1) is 28.7. The van der Waals surface area contributed by atoms with Crippen molar-refractivity contribution in [2.24, 2.45) is 5.41 Å². The van der Waals surface area contributed by atoms with Crippen LogP contribution in [0.15, 0.2) is 54.6 Å². The average molecular weight is 527 g/mol. The van der Waals surface area contributed by atoms with Gasteiger partial charge in [-0.05, 0) is 69.4 Å². The molecule has 1 atom stereocenters. The summed E-state index contributed by atoms with van der Waals surface area (Å²) in [5, 5.41) is 5.97. The molecular formula is C29H38N2O5S. The van der Waals surface area contributed by atoms with Crippen LogP contribution in [0.25, 0.3) is 0 Å². The van der Waals surface area contributed by atoms with Gasteiger partial charge in [0.25, 0.3) is 0 Å². The standard InChI is InChI=1S/C29H38N2O5S/c1-4-35-24-13-11-23(12-14-24)30-27(33)26(19-22-9-7-6-8-10-22)31-28(34)29(20-37-21(3)32)17-15-25(16-18-29)36-5-2/h6-14,25-26H,4-5,15-20H2,1-3H3,(H,30,33)(H,31,34)/t25?,26-,29?/m0/s1. The summed E-state index contributed by atoms with van der Waals surface area (Å²) in [7, 11) is 0. The number of anilines is 1. The Bertz CT molecular complexity index is 1020. The van der Waals surface area contributed by atoms with E-state index in [2.05, 4.69) is 10.6 Å². The molecule has 2 amide bonds. The number of carbonyl (C=O) groups excluding carboxylic acids is 3. The van der Waals surface area contributed by atoms with Crippen LogP contribution in [0.5, 0.6) is 5.75 Å². The number of ether oxygens (including phenoxy) is 2. The third-order valence-corrected chi connectivity index (χ3v) is 7.77. The zero-order valence-corrected chi connectivity index (χ0v) is 22.8. The molecule has 0 aromatic heterocycles. The van der Waals surface area contributed by atoms with Crippen molar-refractivity contribution in [3.8, 4) is 5.75 Å². The molecule has 37 heavy (non-hydrogen) atoms. The highest BCUT2D eigenvalue weighted by Crippen LogP contribution is 2.40. The van der Waals surface area contributed by atoms with Crippen LogP contribution in [-0.2, 0) is 25.5 Å². The molecule has 2 aromatic rings. The second-order valence-electron chi connectivity index (χ2n) is 9.38. The summed E-state index contributed by atoms with van der Waals surface area (Å²) < 4.78 is 11.3. The van der Waals surface area contributed by atoms with Crippen molar-refractivity contribution in [2.75, 3.05) is 24.3 Å². The molecule has 1 aliphatic rings. The van der Waals surface area contributed by atoms with Gasteiger partial charge in [0.1, 0.15) is 11.8 Å². The lowest BCUT2D eigenvalue weighted by Gasteiger charge is -2.39. The molecule has 0 heterocycles. The second kappa shape index (κ2) is 14.2. The molecule has 0 radical (unpaired) electrons. The Kier molecular flexibility index (Phi) is 11.0. The van der Waals surface area contributed by atoms with Gasteiger partial charge in [0, 0.05) is 31.4 Å². The van der Waals surface area contributed by atoms with Crippen molar-refractivity contribution < 1.29 is 23.9 Å². The molecule has 0 aliphatic heterocycles. The zero-order valence-electron chi connectivity index (χ0n) is 22.0. The maximum atomic E-state index is 13.8. The molecule has 7 nitrogen and oxygen atoms in total. The maximum Gasteiger partial charge on any atom is 0.247 e. The van der Waals surface area contributed by atoms with Gasteiger partial charge in [-0.2, -0.15) is 0 Å². The number of amides is 2. The summed E-state index contributed by atoms with van der Waals surface area (Å²) in [6.07, 6.45) is 3.21. The molecule has 0 bridgehead atoms. The quantitative estimate of drug-likeness (QED) is 0.404. The molecule has 200 valence electrons. The van der Waals surface area contributed by atoms with Gasteiger partial charge in [0.15, 0.2) is 5.12 Å². The molecule has 1 fully saturated rings. The Morgan fingerprint density at radius 2 is 1.68 bits per heavy atom. The predicted molar refractivity (Wildman–Crippen MR) is 148 cm³/mol. The van der Waals surface area contributed by atoms with E-state index in [1.54, 1.807) is 24.3 Å². The summed E-state index contributed by atoms with van der Waals surface area (Å²) >= 11 is 1.17. The molecule has 2 N–H and O–H groups in total. The van der Waals surface area contributed by atoms with Crippen molar-refractivity contribution in [1.29, 1.82) is 0 Å². The minimum atomic E-state index is -0.773. The van der Waals surface area contributed by atoms with Gasteiger partial charge in [-0.3, -0.25) is 14.4 Å². The zero-order chi connectivity index (χ0) is 26.7. The third-order valence-electron chi connectivity index (χ3n) is 6.66. The van der Waals surface area contributed by atoms with E-state index in [0.717, 1.165) is 24.2 Å². The fraction of sp³-hybridized carbons (Fsp3) is 0.483. The van der Waals surface area contributed by atoms with E-state index < -0.39 is 11.5 Å². The van der Waals surface area contributed by atoms with Crippen LogP contribution >= 0.6 is 11.8 Å². The van der Waals surface area contributed by atoms with Gasteiger partial charge in [-0.25, -0.2) is 0 Å². The first-order valence-corrected chi connectivity index (χ1v) is 14.0. The minimum absolute atomic E-state index is 0.0202. The number of rotatable bonds is 12. The number of thioether (sulfide) groups is 1. The second-order valence-corrected chi connectivity index (χ2v) is 10.5. The first-order valence-electron chi connectivity index (χ1n) is 13.0. The molecule has 8 heteroatoms. The molecule has 3 rings (SSSR count). The van der Waals surface area contributed by atoms with Gasteiger partial charge in [-0.1, -0.05) is 42.1 Å². The fourth-order valence-electron chi connectivity index (χ4n) is 4.62. The number of hydrogen-bond acceptors (Lipinski definition) is 6. The van der Waals surface area contributed by atoms with E-state index in [4.69, 9.17) is 9.47 Å². The summed E-state index contributed by atoms with van der Waals surface area (Å²) in [5.74, 6) is 0.644. The van der Waals surface area contributed by atoms with Crippen LogP contribution in [0.4, 0.5) is 5.69 Å². The Morgan fingerprint density at radius 1 is 1.00 bits per heavy atom. The molecule has 0 saturated heterocycles. The smallest absolute Gasteiger partial charge is 0.247 e. The van der Waals surface area contributed by atoms with Crippen LogP contribution in [0, 0.1) is 5.41 Å². The minimum Gasteiger partial charge on any atom is -0.494 e. The highest BCUT2D eigenvalue weighted by Gasteiger charge is 2.43. The third kappa shape index (κ3) is 8.61. The number of carbonyl (C=O) groups is 3. The summed E-state index contributed by atoms with van der Waals surface area (Å²) in [5.41, 5.74) is 0.847. The van der Waals surface area contributed by atoms with E-state index in [1.165, 1.54) is 18.7 Å². The highest BCUT2D eigenvalue weighted by atomic mass is 32.2. The fourth-order valence-corrected chi connectivity index (χ4v) is 5.52. The van der Waals surface area contributed by atoms with Crippen molar-refractivity contribution in [2.45, 2.75) is 65.0 Å². The molecule has 2 aromatic carbocycles. The lowest BCUT2D eigenvalue weighted by Crippen LogP contribution is -2.53. The Morgan fingerprint density at radius 3 is 2.27 bits per heavy atom. The van der Waals surface area contributed by atoms with Gasteiger partial charge >= 0.3 is 0 Å². The van der Waals surface area contributed by atoms with E-state index in [0.29, 0.717) is 43.9 Å². The SMILES string of the molecule is CCOc1ccc(NC(=O)[C@H](Cc2ccccc2)NC(=O)C2(CSC(C)=O)CCC(OCC)CC2)cc1. The number of nitrogens with one attached hydrogen (secondary N) is 2. The van der Waals surface area contributed by atoms with Crippen LogP contribution in [0.3, 0.4) is 0 Å². The van der Waals surface area contributed by atoms with E-state index >= 15 is 0 Å². The van der Waals surface area contributed by atoms with E-state index in [1.807, 2.05) is 44.2 Å². The van der Waals surface area contributed by atoms with Crippen molar-refractivity contribution in [1.82, 2.24) is 5.32 Å². The predicted octanol–water partition coefficient (Wildman–Crippen LogP) is 5.00. The van der Waals surface area contributed by atoms with Crippen LogP contribution in [-0.4, -0.2) is 48.0 Å². The summed E-state index contributed by atoms with van der Waals surface area (Å²) in [4.78, 5) is 39.0. The lowest BCUT2D eigenvalue weighted by atomic mass is 9.73. The maximum absolute atomic E-state index is 13.8. The Hall–Kier alpha value is -2.84. The van der Waals surface area contributed by atoms with Crippen LogP contribution < -0.4 is 15.4 Å². The van der Waals surface area contributed by atoms with E-state index in [-0.39, 0.29) is 23.0 Å². The summed E-state index contributed by atoms with van der Waals surface area (Å²) in [6.45, 7) is 6.60. The van der Waals surface area contributed by atoms with E-state index in [9.17, 15) is 14.4 Å². The van der Waals surface area contributed by atoms with Gasteiger partial charge < -0.3 is 20.1 Å². The van der Waals surface area contributed by atoms with Gasteiger partial charge in [0.05, 0.1) is 18.1 Å². The molecule has 1 saturated carbocycles. The molecule has 0 unspecified atom stereocenters. The molecular weight excluding hydrogens is 488 g/mol. The topological polar surface area (TPSA) is 93.7 Å². The number of benzene rings is 2. The normalized spacial score (nSPS) is 20.0. The van der Waals surface area contributed by atoms with Crippen molar-refractivity contribution in [3.63, 3.8) is 0 Å². The largest absolute Gasteiger partial charge is 0.494 e. The highest BCUT2D eigenvalue weighted by molar-refractivity contribution is 8.13. The van der Waals surface area contributed by atoms with Crippen LogP contribution in [0.2, 0.25) is 0 Å². The van der Waals surface area contributed by atoms with Crippen molar-refractivity contribution in [3.05, 3.63) is 60.2 Å². The first-order chi connectivity index (χ1) is 17.8. The van der Waals surface area contributed by atoms with Crippen LogP contribution in [0.1, 0.15) is 52.0 Å². The Labute approximate surface area is 224 Å². The van der Waals surface area contributed by atoms with Gasteiger partial charge in [0.2, 0.25) is 11.8 Å². The average Bonchev–Trinajstić information content (AvgIpc) is 2.90. The lowest BCUT2D eigenvalue weighted by molar-refractivity contribution is -0.136. The molecule has 0 spiro atoms. The molecule has 1 aliphatic carbocycles.